The standard InChI is InChI=1S/C10H10Cl2O/c11-10(12,8-13)7-6-9-4-2-1-3-5-9/h1-5,8H,6-7H2. The lowest BCUT2D eigenvalue weighted by molar-refractivity contribution is -0.108. The first-order valence-corrected chi connectivity index (χ1v) is 4.78. The Hall–Kier alpha value is -0.530. The van der Waals surface area contributed by atoms with Gasteiger partial charge < -0.3 is 4.79 Å². The number of aldehydes is 1. The van der Waals surface area contributed by atoms with Crippen molar-refractivity contribution in [3.05, 3.63) is 35.9 Å². The Kier molecular flexibility index (Phi) is 3.76. The second-order valence-electron chi connectivity index (χ2n) is 2.86. The van der Waals surface area contributed by atoms with E-state index in [9.17, 15) is 4.79 Å². The van der Waals surface area contributed by atoms with Crippen LogP contribution in [0, 0.1) is 0 Å². The van der Waals surface area contributed by atoms with Gasteiger partial charge in [0.1, 0.15) is 0 Å². The second kappa shape index (κ2) is 4.64. The lowest BCUT2D eigenvalue weighted by Crippen LogP contribution is -2.15. The summed E-state index contributed by atoms with van der Waals surface area (Å²) >= 11 is 11.3. The van der Waals surface area contributed by atoms with Crippen LogP contribution in [0.1, 0.15) is 12.0 Å². The van der Waals surface area contributed by atoms with E-state index in [-0.39, 0.29) is 0 Å². The molecule has 1 aromatic rings. The molecule has 0 fully saturated rings. The maximum atomic E-state index is 10.4. The second-order valence-corrected chi connectivity index (χ2v) is 4.41. The summed E-state index contributed by atoms with van der Waals surface area (Å²) in [4.78, 5) is 10.4. The van der Waals surface area contributed by atoms with Crippen molar-refractivity contribution in [3.63, 3.8) is 0 Å². The minimum absolute atomic E-state index is 0.448. The van der Waals surface area contributed by atoms with E-state index >= 15 is 0 Å². The molecule has 70 valence electrons. The molecule has 0 aliphatic carbocycles. The first-order valence-electron chi connectivity index (χ1n) is 4.02. The molecule has 0 aliphatic heterocycles. The Balaban J connectivity index is 2.48. The maximum absolute atomic E-state index is 10.4. The molecule has 0 N–H and O–H groups in total. The number of hydrogen-bond donors (Lipinski definition) is 0. The van der Waals surface area contributed by atoms with E-state index in [4.69, 9.17) is 23.2 Å². The van der Waals surface area contributed by atoms with Crippen LogP contribution in [0.2, 0.25) is 0 Å². The predicted molar refractivity (Wildman–Crippen MR) is 55.3 cm³/mol. The van der Waals surface area contributed by atoms with Crippen LogP contribution in [-0.4, -0.2) is 10.6 Å². The van der Waals surface area contributed by atoms with Crippen LogP contribution in [0.5, 0.6) is 0 Å². The summed E-state index contributed by atoms with van der Waals surface area (Å²) in [6, 6.07) is 9.79. The summed E-state index contributed by atoms with van der Waals surface area (Å²) in [6.07, 6.45) is 1.73. The zero-order valence-corrected chi connectivity index (χ0v) is 8.55. The third-order valence-electron chi connectivity index (χ3n) is 1.76. The van der Waals surface area contributed by atoms with Crippen molar-refractivity contribution in [1.29, 1.82) is 0 Å². The smallest absolute Gasteiger partial charge is 0.173 e. The largest absolute Gasteiger partial charge is 0.300 e. The molecule has 1 aromatic carbocycles. The maximum Gasteiger partial charge on any atom is 0.173 e. The zero-order valence-electron chi connectivity index (χ0n) is 7.04. The molecule has 0 saturated heterocycles. The number of hydrogen-bond acceptors (Lipinski definition) is 1. The fourth-order valence-electron chi connectivity index (χ4n) is 1.01. The molecule has 13 heavy (non-hydrogen) atoms. The van der Waals surface area contributed by atoms with Gasteiger partial charge >= 0.3 is 0 Å². The van der Waals surface area contributed by atoms with Crippen LogP contribution in [-0.2, 0) is 11.2 Å². The Morgan fingerprint density at radius 1 is 1.23 bits per heavy atom. The van der Waals surface area contributed by atoms with E-state index in [0.29, 0.717) is 19.1 Å². The van der Waals surface area contributed by atoms with Crippen LogP contribution in [0.15, 0.2) is 30.3 Å². The summed E-state index contributed by atoms with van der Waals surface area (Å²) in [5.41, 5.74) is 1.13. The van der Waals surface area contributed by atoms with Crippen LogP contribution in [0.4, 0.5) is 0 Å². The van der Waals surface area contributed by atoms with Crippen LogP contribution >= 0.6 is 23.2 Å². The van der Waals surface area contributed by atoms with Gasteiger partial charge in [-0.1, -0.05) is 53.5 Å². The van der Waals surface area contributed by atoms with Gasteiger partial charge in [0.2, 0.25) is 0 Å². The molecule has 3 heteroatoms. The van der Waals surface area contributed by atoms with Gasteiger partial charge in [-0.05, 0) is 18.4 Å². The Morgan fingerprint density at radius 3 is 2.38 bits per heavy atom. The van der Waals surface area contributed by atoms with Gasteiger partial charge in [0.25, 0.3) is 0 Å². The summed E-state index contributed by atoms with van der Waals surface area (Å²) in [7, 11) is 0. The molecule has 0 aromatic heterocycles. The first-order chi connectivity index (χ1) is 6.14. The zero-order chi connectivity index (χ0) is 9.73. The SMILES string of the molecule is O=CC(Cl)(Cl)CCc1ccccc1. The van der Waals surface area contributed by atoms with Crippen LogP contribution in [0.3, 0.4) is 0 Å². The molecule has 0 radical (unpaired) electrons. The average molecular weight is 217 g/mol. The van der Waals surface area contributed by atoms with Gasteiger partial charge in [-0.3, -0.25) is 0 Å². The van der Waals surface area contributed by atoms with Gasteiger partial charge in [0.05, 0.1) is 0 Å². The van der Waals surface area contributed by atoms with E-state index in [1.54, 1.807) is 0 Å². The van der Waals surface area contributed by atoms with Gasteiger partial charge in [-0.25, -0.2) is 0 Å². The third-order valence-corrected chi connectivity index (χ3v) is 2.32. The molecule has 1 nitrogen and oxygen atoms in total. The highest BCUT2D eigenvalue weighted by Crippen LogP contribution is 2.24. The summed E-state index contributed by atoms with van der Waals surface area (Å²) in [6.45, 7) is 0. The van der Waals surface area contributed by atoms with E-state index < -0.39 is 4.33 Å². The monoisotopic (exact) mass is 216 g/mol. The molecule has 1 rings (SSSR count). The summed E-state index contributed by atoms with van der Waals surface area (Å²) in [5, 5.41) is 0. The molecule has 0 saturated carbocycles. The highest BCUT2D eigenvalue weighted by Gasteiger charge is 2.21. The van der Waals surface area contributed by atoms with E-state index in [1.807, 2.05) is 30.3 Å². The average Bonchev–Trinajstić information content (AvgIpc) is 2.17. The van der Waals surface area contributed by atoms with Gasteiger partial charge in [-0.15, -0.1) is 0 Å². The van der Waals surface area contributed by atoms with Crippen molar-refractivity contribution in [2.45, 2.75) is 17.2 Å². The lowest BCUT2D eigenvalue weighted by Gasteiger charge is -2.10. The molecule has 0 spiro atoms. The van der Waals surface area contributed by atoms with Crippen molar-refractivity contribution in [1.82, 2.24) is 0 Å². The molecule has 0 aliphatic rings. The molecule has 0 unspecified atom stereocenters. The Labute approximate surface area is 87.7 Å². The Bertz CT molecular complexity index is 270. The highest BCUT2D eigenvalue weighted by atomic mass is 35.5. The number of alkyl halides is 2. The van der Waals surface area contributed by atoms with Gasteiger partial charge in [0, 0.05) is 0 Å². The molecule has 0 amide bonds. The van der Waals surface area contributed by atoms with E-state index in [1.165, 1.54) is 0 Å². The summed E-state index contributed by atoms with van der Waals surface area (Å²) in [5.74, 6) is 0. The topological polar surface area (TPSA) is 17.1 Å². The number of rotatable bonds is 4. The van der Waals surface area contributed by atoms with Crippen molar-refractivity contribution >= 4 is 29.5 Å². The molecule has 0 heterocycles. The number of aryl methyl sites for hydroxylation is 1. The third kappa shape index (κ3) is 3.79. The molecular weight excluding hydrogens is 207 g/mol. The molecule has 0 bridgehead atoms. The molecular formula is C10H10Cl2O. The minimum atomic E-state index is -1.24. The Morgan fingerprint density at radius 2 is 1.85 bits per heavy atom. The fourth-order valence-corrected chi connectivity index (χ4v) is 1.20. The van der Waals surface area contributed by atoms with E-state index in [2.05, 4.69) is 0 Å². The lowest BCUT2D eigenvalue weighted by atomic mass is 10.1. The summed E-state index contributed by atoms with van der Waals surface area (Å²) < 4.78 is -1.24. The number of carbonyl (C=O) groups is 1. The van der Waals surface area contributed by atoms with Crippen molar-refractivity contribution in [3.8, 4) is 0 Å². The number of benzene rings is 1. The van der Waals surface area contributed by atoms with E-state index in [0.717, 1.165) is 5.56 Å². The normalized spacial score (nSPS) is 11.2. The predicted octanol–water partition coefficient (Wildman–Crippen LogP) is 2.99. The van der Waals surface area contributed by atoms with Crippen molar-refractivity contribution in [2.75, 3.05) is 0 Å². The van der Waals surface area contributed by atoms with Gasteiger partial charge in [-0.2, -0.15) is 0 Å². The fraction of sp³-hybridized carbons (Fsp3) is 0.300. The number of halogens is 2. The van der Waals surface area contributed by atoms with Crippen molar-refractivity contribution in [2.24, 2.45) is 0 Å². The van der Waals surface area contributed by atoms with Gasteiger partial charge in [0.15, 0.2) is 10.6 Å². The van der Waals surface area contributed by atoms with Crippen LogP contribution < -0.4 is 0 Å². The number of carbonyl (C=O) groups excluding carboxylic acids is 1. The minimum Gasteiger partial charge on any atom is -0.300 e. The first kappa shape index (κ1) is 10.6. The molecule has 0 atom stereocenters. The van der Waals surface area contributed by atoms with Crippen LogP contribution in [0.25, 0.3) is 0 Å². The van der Waals surface area contributed by atoms with Crippen molar-refractivity contribution < 1.29 is 4.79 Å². The highest BCUT2D eigenvalue weighted by molar-refractivity contribution is 6.55. The quantitative estimate of drug-likeness (QED) is 0.559.